The molecule has 2 atom stereocenters. The fourth-order valence-corrected chi connectivity index (χ4v) is 4.96. The molecule has 0 saturated carbocycles. The van der Waals surface area contributed by atoms with Crippen molar-refractivity contribution in [3.63, 3.8) is 0 Å². The average molecular weight is 363 g/mol. The summed E-state index contributed by atoms with van der Waals surface area (Å²) in [4.78, 5) is 32.0. The first-order valence-electron chi connectivity index (χ1n) is 10.0. The molecule has 0 aromatic heterocycles. The van der Waals surface area contributed by atoms with Crippen LogP contribution in [0, 0.1) is 0 Å². The van der Waals surface area contributed by atoms with E-state index in [2.05, 4.69) is 47.4 Å². The van der Waals surface area contributed by atoms with Gasteiger partial charge < -0.3 is 9.80 Å². The van der Waals surface area contributed by atoms with Gasteiger partial charge >= 0.3 is 0 Å². The van der Waals surface area contributed by atoms with E-state index in [1.807, 2.05) is 9.80 Å². The van der Waals surface area contributed by atoms with Crippen molar-refractivity contribution >= 4 is 22.6 Å². The summed E-state index contributed by atoms with van der Waals surface area (Å²) in [6.45, 7) is 3.67. The highest BCUT2D eigenvalue weighted by atomic mass is 16.2. The summed E-state index contributed by atoms with van der Waals surface area (Å²) >= 11 is 0. The molecule has 2 aromatic rings. The lowest BCUT2D eigenvalue weighted by Crippen LogP contribution is -2.70. The molecule has 3 aliphatic heterocycles. The number of carbonyl (C=O) groups is 2. The van der Waals surface area contributed by atoms with E-state index < -0.39 is 0 Å². The van der Waals surface area contributed by atoms with Crippen LogP contribution in [0.2, 0.25) is 0 Å². The third kappa shape index (κ3) is 2.81. The zero-order chi connectivity index (χ0) is 18.4. The van der Waals surface area contributed by atoms with Crippen LogP contribution in [0.5, 0.6) is 0 Å². The summed E-state index contributed by atoms with van der Waals surface area (Å²) in [5.41, 5.74) is 1.28. The SMILES string of the molecule is O=C1C2CN(Cc3cccc4ccccc34)CCN2C(=O)C2CCCCN12. The van der Waals surface area contributed by atoms with Gasteiger partial charge in [-0.15, -0.1) is 0 Å². The van der Waals surface area contributed by atoms with Crippen LogP contribution in [0.15, 0.2) is 42.5 Å². The monoisotopic (exact) mass is 363 g/mol. The standard InChI is InChI=1S/C22H25N3O2/c26-21-19-10-3-4-11-24(19)22(27)20-15-23(12-13-25(20)21)14-17-8-5-7-16-6-1-2-9-18(16)17/h1-2,5-9,19-20H,3-4,10-15H2. The van der Waals surface area contributed by atoms with E-state index in [-0.39, 0.29) is 23.9 Å². The second-order valence-corrected chi connectivity index (χ2v) is 7.96. The quantitative estimate of drug-likeness (QED) is 0.822. The van der Waals surface area contributed by atoms with E-state index in [0.29, 0.717) is 13.1 Å². The molecule has 0 N–H and O–H groups in total. The Kier molecular flexibility index (Phi) is 4.12. The molecule has 0 aliphatic carbocycles. The van der Waals surface area contributed by atoms with Gasteiger partial charge in [-0.05, 0) is 35.6 Å². The van der Waals surface area contributed by atoms with Crippen molar-refractivity contribution in [2.24, 2.45) is 0 Å². The maximum atomic E-state index is 13.1. The molecule has 5 rings (SSSR count). The minimum atomic E-state index is -0.310. The topological polar surface area (TPSA) is 43.9 Å². The van der Waals surface area contributed by atoms with Gasteiger partial charge in [-0.1, -0.05) is 42.5 Å². The van der Waals surface area contributed by atoms with Gasteiger partial charge in [0.25, 0.3) is 0 Å². The molecule has 2 unspecified atom stereocenters. The molecule has 3 fully saturated rings. The second kappa shape index (κ2) is 6.64. The highest BCUT2D eigenvalue weighted by Crippen LogP contribution is 2.29. The Hall–Kier alpha value is -2.40. The highest BCUT2D eigenvalue weighted by molar-refractivity contribution is 5.97. The first-order valence-corrected chi connectivity index (χ1v) is 10.0. The van der Waals surface area contributed by atoms with Gasteiger partial charge in [-0.3, -0.25) is 14.5 Å². The Bertz CT molecular complexity index is 891. The van der Waals surface area contributed by atoms with Crippen LogP contribution < -0.4 is 0 Å². The van der Waals surface area contributed by atoms with Crippen LogP contribution in [0.1, 0.15) is 24.8 Å². The fourth-order valence-electron chi connectivity index (χ4n) is 4.96. The predicted molar refractivity (Wildman–Crippen MR) is 104 cm³/mol. The molecule has 5 nitrogen and oxygen atoms in total. The van der Waals surface area contributed by atoms with Crippen molar-refractivity contribution in [2.75, 3.05) is 26.2 Å². The van der Waals surface area contributed by atoms with Gasteiger partial charge in [0.2, 0.25) is 11.8 Å². The third-order valence-electron chi connectivity index (χ3n) is 6.38. The number of benzene rings is 2. The molecular weight excluding hydrogens is 338 g/mol. The first-order chi connectivity index (χ1) is 13.2. The molecule has 2 aromatic carbocycles. The summed E-state index contributed by atoms with van der Waals surface area (Å²) in [6, 6.07) is 14.3. The maximum absolute atomic E-state index is 13.1. The Morgan fingerprint density at radius 3 is 2.52 bits per heavy atom. The molecule has 2 amide bonds. The molecule has 5 heteroatoms. The minimum absolute atomic E-state index is 0.155. The van der Waals surface area contributed by atoms with Gasteiger partial charge in [0.05, 0.1) is 0 Å². The van der Waals surface area contributed by atoms with E-state index in [0.717, 1.165) is 38.9 Å². The van der Waals surface area contributed by atoms with Crippen LogP contribution >= 0.6 is 0 Å². The summed E-state index contributed by atoms with van der Waals surface area (Å²) in [7, 11) is 0. The fraction of sp³-hybridized carbons (Fsp3) is 0.455. The van der Waals surface area contributed by atoms with E-state index >= 15 is 0 Å². The molecule has 3 heterocycles. The number of hydrogen-bond acceptors (Lipinski definition) is 3. The van der Waals surface area contributed by atoms with E-state index in [9.17, 15) is 9.59 Å². The Labute approximate surface area is 159 Å². The molecule has 0 spiro atoms. The minimum Gasteiger partial charge on any atom is -0.329 e. The van der Waals surface area contributed by atoms with E-state index in [1.165, 1.54) is 16.3 Å². The molecule has 0 radical (unpaired) electrons. The van der Waals surface area contributed by atoms with Crippen molar-refractivity contribution in [3.8, 4) is 0 Å². The van der Waals surface area contributed by atoms with Crippen molar-refractivity contribution in [2.45, 2.75) is 37.9 Å². The van der Waals surface area contributed by atoms with Gasteiger partial charge in [-0.25, -0.2) is 0 Å². The Morgan fingerprint density at radius 1 is 0.815 bits per heavy atom. The van der Waals surface area contributed by atoms with Crippen molar-refractivity contribution in [3.05, 3.63) is 48.0 Å². The average Bonchev–Trinajstić information content (AvgIpc) is 2.72. The van der Waals surface area contributed by atoms with Crippen LogP contribution in [0.3, 0.4) is 0 Å². The van der Waals surface area contributed by atoms with Crippen molar-refractivity contribution in [1.82, 2.24) is 14.7 Å². The summed E-state index contributed by atoms with van der Waals surface area (Å²) in [5.74, 6) is 0.325. The Morgan fingerprint density at radius 2 is 1.59 bits per heavy atom. The molecular formula is C22H25N3O2. The maximum Gasteiger partial charge on any atom is 0.247 e. The molecule has 0 bridgehead atoms. The van der Waals surface area contributed by atoms with Gasteiger partial charge in [-0.2, -0.15) is 0 Å². The summed E-state index contributed by atoms with van der Waals surface area (Å²) < 4.78 is 0. The lowest BCUT2D eigenvalue weighted by atomic mass is 9.94. The lowest BCUT2D eigenvalue weighted by Gasteiger charge is -2.50. The molecule has 3 aliphatic rings. The zero-order valence-electron chi connectivity index (χ0n) is 15.5. The smallest absolute Gasteiger partial charge is 0.247 e. The molecule has 3 saturated heterocycles. The van der Waals surface area contributed by atoms with E-state index in [1.54, 1.807) is 0 Å². The molecule has 140 valence electrons. The number of amides is 2. The number of rotatable bonds is 2. The zero-order valence-corrected chi connectivity index (χ0v) is 15.5. The number of piperidine rings is 1. The van der Waals surface area contributed by atoms with Gasteiger partial charge in [0.1, 0.15) is 12.1 Å². The third-order valence-corrected chi connectivity index (χ3v) is 6.38. The predicted octanol–water partition coefficient (Wildman–Crippen LogP) is 2.25. The van der Waals surface area contributed by atoms with Gasteiger partial charge in [0.15, 0.2) is 0 Å². The van der Waals surface area contributed by atoms with Crippen LogP contribution in [-0.4, -0.2) is 64.8 Å². The van der Waals surface area contributed by atoms with Crippen LogP contribution in [-0.2, 0) is 16.1 Å². The summed E-state index contributed by atoms with van der Waals surface area (Å²) in [5, 5.41) is 2.51. The highest BCUT2D eigenvalue weighted by Gasteiger charge is 2.48. The molecule has 27 heavy (non-hydrogen) atoms. The van der Waals surface area contributed by atoms with Crippen molar-refractivity contribution < 1.29 is 9.59 Å². The largest absolute Gasteiger partial charge is 0.329 e. The Balaban J connectivity index is 1.37. The number of nitrogens with zero attached hydrogens (tertiary/aromatic N) is 3. The number of piperazine rings is 2. The van der Waals surface area contributed by atoms with E-state index in [4.69, 9.17) is 0 Å². The van der Waals surface area contributed by atoms with Gasteiger partial charge in [0, 0.05) is 32.7 Å². The second-order valence-electron chi connectivity index (χ2n) is 7.96. The summed E-state index contributed by atoms with van der Waals surface area (Å²) in [6.07, 6.45) is 2.89. The number of carbonyl (C=O) groups excluding carboxylic acids is 2. The number of fused-ring (bicyclic) bond motifs is 3. The van der Waals surface area contributed by atoms with Crippen LogP contribution in [0.4, 0.5) is 0 Å². The first kappa shape index (κ1) is 16.8. The van der Waals surface area contributed by atoms with Crippen molar-refractivity contribution in [1.29, 1.82) is 0 Å². The van der Waals surface area contributed by atoms with Crippen LogP contribution in [0.25, 0.3) is 10.8 Å². The lowest BCUT2D eigenvalue weighted by molar-refractivity contribution is -0.167. The number of hydrogen-bond donors (Lipinski definition) is 0. The normalized spacial score (nSPS) is 26.2.